The molecule has 0 saturated carbocycles. The van der Waals surface area contributed by atoms with E-state index in [-0.39, 0.29) is 0 Å². The molecule has 0 aromatic carbocycles. The van der Waals surface area contributed by atoms with Crippen molar-refractivity contribution in [1.29, 1.82) is 0 Å². The largest absolute Gasteiger partial charge is 0.361 e. The maximum atomic E-state index is 3.36. The zero-order chi connectivity index (χ0) is 14.0. The second kappa shape index (κ2) is 9.89. The molecule has 0 aromatic rings. The highest BCUT2D eigenvalue weighted by Crippen LogP contribution is 2.36. The van der Waals surface area contributed by atoms with Crippen molar-refractivity contribution in [2.45, 2.75) is 79.6 Å². The van der Waals surface area contributed by atoms with E-state index in [9.17, 15) is 0 Å². The molecule has 0 aliphatic rings. The summed E-state index contributed by atoms with van der Waals surface area (Å²) >= 11 is 0. The van der Waals surface area contributed by atoms with Gasteiger partial charge < -0.3 is 5.23 Å². The van der Waals surface area contributed by atoms with Gasteiger partial charge in [0.25, 0.3) is 0 Å². The van der Waals surface area contributed by atoms with Crippen LogP contribution in [-0.4, -0.2) is 14.5 Å². The zero-order valence-corrected chi connectivity index (χ0v) is 13.8. The Morgan fingerprint density at radius 1 is 1.00 bits per heavy atom. The van der Waals surface area contributed by atoms with Gasteiger partial charge in [-0.05, 0) is 30.2 Å². The smallest absolute Gasteiger partial charge is 0.181 e. The van der Waals surface area contributed by atoms with Crippen LogP contribution in [0.15, 0.2) is 0 Å². The normalized spacial score (nSPS) is 14.1. The van der Waals surface area contributed by atoms with Crippen molar-refractivity contribution in [2.75, 3.05) is 6.54 Å². The maximum Gasteiger partial charge on any atom is 0.181 e. The van der Waals surface area contributed by atoms with Gasteiger partial charge in [0.2, 0.25) is 0 Å². The highest BCUT2D eigenvalue weighted by molar-refractivity contribution is 6.04. The predicted molar refractivity (Wildman–Crippen MR) is 86.6 cm³/mol. The van der Waals surface area contributed by atoms with Gasteiger partial charge in [-0.2, -0.15) is 0 Å². The topological polar surface area (TPSA) is 12.0 Å². The van der Waals surface area contributed by atoms with Gasteiger partial charge in [0, 0.05) is 0 Å². The lowest BCUT2D eigenvalue weighted by Gasteiger charge is -2.37. The van der Waals surface area contributed by atoms with Crippen molar-refractivity contribution >= 4 is 7.98 Å². The van der Waals surface area contributed by atoms with Gasteiger partial charge in [0.15, 0.2) is 7.98 Å². The quantitative estimate of drug-likeness (QED) is 0.430. The third kappa shape index (κ3) is 7.46. The standard InChI is InChI=1S/C16H36BN/c1-6-7-8-9-10-11-12-15(14(2)3)16(4,5)13-18-17/h14-15,18H,6-13,17H2,1-5H3. The minimum absolute atomic E-state index is 0.423. The Bertz CT molecular complexity index is 190. The monoisotopic (exact) mass is 253 g/mol. The van der Waals surface area contributed by atoms with Crippen LogP contribution in [0.1, 0.15) is 79.6 Å². The van der Waals surface area contributed by atoms with Crippen molar-refractivity contribution in [3.05, 3.63) is 0 Å². The van der Waals surface area contributed by atoms with Gasteiger partial charge in [0.1, 0.15) is 0 Å². The Morgan fingerprint density at radius 2 is 1.56 bits per heavy atom. The van der Waals surface area contributed by atoms with Crippen LogP contribution in [0.4, 0.5) is 0 Å². The number of rotatable bonds is 11. The van der Waals surface area contributed by atoms with Gasteiger partial charge in [-0.3, -0.25) is 0 Å². The molecule has 18 heavy (non-hydrogen) atoms. The minimum Gasteiger partial charge on any atom is -0.361 e. The average Bonchev–Trinajstić information content (AvgIpc) is 2.27. The fourth-order valence-corrected chi connectivity index (χ4v) is 3.36. The van der Waals surface area contributed by atoms with Crippen molar-refractivity contribution in [3.8, 4) is 0 Å². The first-order valence-corrected chi connectivity index (χ1v) is 8.10. The Balaban J connectivity index is 3.98. The Labute approximate surface area is 117 Å². The molecule has 0 fully saturated rings. The molecule has 0 aromatic heterocycles. The average molecular weight is 253 g/mol. The lowest BCUT2D eigenvalue weighted by molar-refractivity contribution is 0.145. The van der Waals surface area contributed by atoms with E-state index in [1.54, 1.807) is 0 Å². The minimum atomic E-state index is 0.423. The molecule has 0 aliphatic carbocycles. The third-order valence-electron chi connectivity index (χ3n) is 4.31. The highest BCUT2D eigenvalue weighted by Gasteiger charge is 2.30. The molecule has 0 radical (unpaired) electrons. The molecular formula is C16H36BN. The molecule has 0 spiro atoms. The predicted octanol–water partition coefficient (Wildman–Crippen LogP) is 4.17. The molecule has 2 heteroatoms. The van der Waals surface area contributed by atoms with E-state index in [0.717, 1.165) is 18.4 Å². The Kier molecular flexibility index (Phi) is 9.90. The summed E-state index contributed by atoms with van der Waals surface area (Å²) in [6.45, 7) is 13.0. The Morgan fingerprint density at radius 3 is 2.06 bits per heavy atom. The first-order valence-electron chi connectivity index (χ1n) is 8.10. The van der Waals surface area contributed by atoms with Crippen LogP contribution in [0.3, 0.4) is 0 Å². The van der Waals surface area contributed by atoms with Gasteiger partial charge in [-0.1, -0.05) is 73.1 Å². The van der Waals surface area contributed by atoms with Crippen LogP contribution in [0.2, 0.25) is 0 Å². The van der Waals surface area contributed by atoms with E-state index in [2.05, 4.69) is 47.8 Å². The van der Waals surface area contributed by atoms with Crippen molar-refractivity contribution in [2.24, 2.45) is 17.3 Å². The summed E-state index contributed by atoms with van der Waals surface area (Å²) < 4.78 is 0. The van der Waals surface area contributed by atoms with Gasteiger partial charge >= 0.3 is 0 Å². The molecule has 0 amide bonds. The second-order valence-corrected chi connectivity index (χ2v) is 6.93. The maximum absolute atomic E-state index is 3.36. The van der Waals surface area contributed by atoms with Crippen LogP contribution < -0.4 is 5.23 Å². The van der Waals surface area contributed by atoms with Crippen LogP contribution in [0, 0.1) is 17.3 Å². The third-order valence-corrected chi connectivity index (χ3v) is 4.31. The summed E-state index contributed by atoms with van der Waals surface area (Å²) in [5, 5.41) is 3.36. The fraction of sp³-hybridized carbons (Fsp3) is 1.00. The SMILES string of the molecule is BNCC(C)(C)C(CCCCCCCC)C(C)C. The number of hydrogen-bond acceptors (Lipinski definition) is 1. The Hall–Kier alpha value is 0.0249. The van der Waals surface area contributed by atoms with E-state index < -0.39 is 0 Å². The molecule has 0 heterocycles. The fourth-order valence-electron chi connectivity index (χ4n) is 3.36. The van der Waals surface area contributed by atoms with Crippen LogP contribution in [-0.2, 0) is 0 Å². The molecule has 1 atom stereocenters. The van der Waals surface area contributed by atoms with Gasteiger partial charge in [0.05, 0.1) is 0 Å². The molecule has 1 nitrogen and oxygen atoms in total. The zero-order valence-electron chi connectivity index (χ0n) is 13.8. The van der Waals surface area contributed by atoms with E-state index in [0.29, 0.717) is 5.41 Å². The molecule has 0 bridgehead atoms. The summed E-state index contributed by atoms with van der Waals surface area (Å²) in [6.07, 6.45) is 9.88. The van der Waals surface area contributed by atoms with E-state index >= 15 is 0 Å². The number of unbranched alkanes of at least 4 members (excludes halogenated alkanes) is 5. The molecule has 0 rings (SSSR count). The van der Waals surface area contributed by atoms with Crippen LogP contribution in [0.25, 0.3) is 0 Å². The van der Waals surface area contributed by atoms with Crippen molar-refractivity contribution in [3.63, 3.8) is 0 Å². The summed E-state index contributed by atoms with van der Waals surface area (Å²) in [7, 11) is 2.07. The van der Waals surface area contributed by atoms with E-state index in [1.807, 2.05) is 0 Å². The van der Waals surface area contributed by atoms with Crippen LogP contribution in [0.5, 0.6) is 0 Å². The number of nitrogens with one attached hydrogen (secondary N) is 1. The van der Waals surface area contributed by atoms with E-state index in [1.165, 1.54) is 44.9 Å². The summed E-state index contributed by atoms with van der Waals surface area (Å²) in [4.78, 5) is 0. The highest BCUT2D eigenvalue weighted by atomic mass is 14.8. The lowest BCUT2D eigenvalue weighted by atomic mass is 9.70. The summed E-state index contributed by atoms with van der Waals surface area (Å²) in [5.74, 6) is 1.64. The second-order valence-electron chi connectivity index (χ2n) is 6.93. The van der Waals surface area contributed by atoms with Crippen molar-refractivity contribution in [1.82, 2.24) is 5.23 Å². The number of hydrogen-bond donors (Lipinski definition) is 1. The lowest BCUT2D eigenvalue weighted by Crippen LogP contribution is -2.37. The molecule has 108 valence electrons. The van der Waals surface area contributed by atoms with E-state index in [4.69, 9.17) is 0 Å². The summed E-state index contributed by atoms with van der Waals surface area (Å²) in [6, 6.07) is 0. The van der Waals surface area contributed by atoms with Crippen LogP contribution >= 0.6 is 0 Å². The molecule has 1 N–H and O–H groups in total. The van der Waals surface area contributed by atoms with Gasteiger partial charge in [-0.15, -0.1) is 0 Å². The van der Waals surface area contributed by atoms with Crippen molar-refractivity contribution < 1.29 is 0 Å². The molecule has 1 unspecified atom stereocenters. The summed E-state index contributed by atoms with van der Waals surface area (Å²) in [5.41, 5.74) is 0.423. The molecular weight excluding hydrogens is 217 g/mol. The first-order chi connectivity index (χ1) is 8.45. The molecule has 0 saturated heterocycles. The first kappa shape index (κ1) is 18.0. The van der Waals surface area contributed by atoms with Gasteiger partial charge in [-0.25, -0.2) is 0 Å². The molecule has 0 aliphatic heterocycles.